The van der Waals surface area contributed by atoms with Crippen molar-refractivity contribution in [2.45, 2.75) is 51.5 Å². The van der Waals surface area contributed by atoms with Crippen LogP contribution < -0.4 is 15.2 Å². The molecule has 3 rings (SSSR count). The third-order valence-electron chi connectivity index (χ3n) is 5.65. The molecule has 12 heteroatoms. The number of nitrogens with zero attached hydrogens (tertiary/aromatic N) is 3. The van der Waals surface area contributed by atoms with Crippen LogP contribution in [-0.2, 0) is 10.9 Å². The highest BCUT2D eigenvalue weighted by Crippen LogP contribution is 2.44. The van der Waals surface area contributed by atoms with E-state index in [1.165, 1.54) is 28.9 Å². The van der Waals surface area contributed by atoms with Crippen molar-refractivity contribution < 1.29 is 27.4 Å². The number of nitrogens with one attached hydrogen (secondary N) is 1. The normalized spacial score (nSPS) is 14.6. The summed E-state index contributed by atoms with van der Waals surface area (Å²) in [4.78, 5) is 13.9. The van der Waals surface area contributed by atoms with E-state index in [1.54, 1.807) is 56.3 Å². The molecule has 0 aromatic heterocycles. The van der Waals surface area contributed by atoms with Crippen LogP contribution in [0.25, 0.3) is 11.1 Å². The summed E-state index contributed by atoms with van der Waals surface area (Å²) in [5.74, 6) is 0.637. The summed E-state index contributed by atoms with van der Waals surface area (Å²) in [6, 6.07) is 8.73. The summed E-state index contributed by atoms with van der Waals surface area (Å²) >= 11 is 7.75. The fourth-order valence-corrected chi connectivity index (χ4v) is 4.82. The van der Waals surface area contributed by atoms with E-state index in [2.05, 4.69) is 5.43 Å². The van der Waals surface area contributed by atoms with Crippen LogP contribution in [-0.4, -0.2) is 47.9 Å². The van der Waals surface area contributed by atoms with E-state index >= 15 is 0 Å². The number of hydrogen-bond acceptors (Lipinski definition) is 7. The monoisotopic (exact) mass is 570 g/mol. The minimum atomic E-state index is -4.70. The lowest BCUT2D eigenvalue weighted by atomic mass is 9.98. The first-order valence-electron chi connectivity index (χ1n) is 11.9. The van der Waals surface area contributed by atoms with E-state index in [0.29, 0.717) is 31.7 Å². The fourth-order valence-electron chi connectivity index (χ4n) is 4.03. The van der Waals surface area contributed by atoms with Gasteiger partial charge in [-0.3, -0.25) is 5.01 Å². The Labute approximate surface area is 229 Å². The Morgan fingerprint density at radius 1 is 1.24 bits per heavy atom. The topological polar surface area (TPSA) is 77.8 Å². The van der Waals surface area contributed by atoms with Crippen LogP contribution >= 0.6 is 23.4 Å². The number of hydrazine groups is 1. The van der Waals surface area contributed by atoms with E-state index in [4.69, 9.17) is 26.3 Å². The number of anilines is 1. The smallest absolute Gasteiger partial charge is 0.417 e. The molecule has 1 saturated heterocycles. The third kappa shape index (κ3) is 7.77. The van der Waals surface area contributed by atoms with Gasteiger partial charge < -0.3 is 14.4 Å². The van der Waals surface area contributed by atoms with Gasteiger partial charge in [0.25, 0.3) is 0 Å². The number of rotatable bonds is 7. The minimum Gasteiger partial charge on any atom is -0.490 e. The van der Waals surface area contributed by atoms with Crippen molar-refractivity contribution in [2.75, 3.05) is 30.2 Å². The second-order valence-electron chi connectivity index (χ2n) is 9.73. The molecule has 0 saturated carbocycles. The molecule has 1 aliphatic heterocycles. The molecular weight excluding hydrogens is 541 g/mol. The third-order valence-corrected chi connectivity index (χ3v) is 6.47. The summed E-state index contributed by atoms with van der Waals surface area (Å²) < 4.78 is 54.0. The molecule has 1 N–H and O–H groups in total. The van der Waals surface area contributed by atoms with Crippen molar-refractivity contribution >= 4 is 35.1 Å². The van der Waals surface area contributed by atoms with Crippen LogP contribution in [0.1, 0.15) is 39.2 Å². The van der Waals surface area contributed by atoms with E-state index in [9.17, 15) is 18.0 Å². The molecule has 2 aromatic carbocycles. The Hall–Kier alpha value is -2.97. The molecule has 1 aliphatic rings. The number of halogens is 4. The van der Waals surface area contributed by atoms with Crippen molar-refractivity contribution in [3.8, 4) is 23.1 Å². The van der Waals surface area contributed by atoms with E-state index < -0.39 is 17.3 Å². The van der Waals surface area contributed by atoms with Gasteiger partial charge in [0, 0.05) is 31.5 Å². The van der Waals surface area contributed by atoms with Crippen LogP contribution in [0, 0.1) is 11.5 Å². The number of amides is 1. The Balaban J connectivity index is 1.82. The standard InChI is InChI=1S/C26H30ClF3N4O3S/c1-25(2,3)37-24(35)33-10-8-19(9-11-33)36-20-7-5-6-17(12-20)23-21(26(28,29)30)13-18(14-22(23)27)34(16-38-4)32-15-31/h5-7,12-14,19,32H,8-11,16H2,1-4H3. The number of nitriles is 1. The Bertz CT molecular complexity index is 1180. The van der Waals surface area contributed by atoms with Gasteiger partial charge in [-0.1, -0.05) is 23.7 Å². The number of carbonyl (C=O) groups excluding carboxylic acids is 1. The summed E-state index contributed by atoms with van der Waals surface area (Å²) in [6.45, 7) is 6.33. The number of ether oxygens (including phenoxy) is 2. The van der Waals surface area contributed by atoms with Gasteiger partial charge in [-0.2, -0.15) is 18.4 Å². The number of carbonyl (C=O) groups is 1. The molecule has 1 fully saturated rings. The molecule has 0 spiro atoms. The summed E-state index contributed by atoms with van der Waals surface area (Å²) in [5, 5.41) is 10.2. The van der Waals surface area contributed by atoms with Gasteiger partial charge in [0.2, 0.25) is 0 Å². The largest absolute Gasteiger partial charge is 0.490 e. The molecule has 206 valence electrons. The molecule has 7 nitrogen and oxygen atoms in total. The van der Waals surface area contributed by atoms with Crippen LogP contribution in [0.2, 0.25) is 5.02 Å². The number of thioether (sulfide) groups is 1. The second kappa shape index (κ2) is 12.3. The first-order valence-corrected chi connectivity index (χ1v) is 13.7. The molecule has 0 radical (unpaired) electrons. The SMILES string of the molecule is CSCN(NC#N)c1cc(Cl)c(-c2cccc(OC3CCN(C(=O)OC(C)(C)C)CC3)c2)c(C(F)(F)F)c1. The van der Waals surface area contributed by atoms with Crippen molar-refractivity contribution in [3.63, 3.8) is 0 Å². The van der Waals surface area contributed by atoms with Gasteiger partial charge in [-0.15, -0.1) is 11.8 Å². The van der Waals surface area contributed by atoms with E-state index in [1.807, 2.05) is 0 Å². The maximum atomic E-state index is 14.2. The number of alkyl halides is 3. The molecule has 38 heavy (non-hydrogen) atoms. The fraction of sp³-hybridized carbons (Fsp3) is 0.462. The van der Waals surface area contributed by atoms with Crippen molar-refractivity contribution in [3.05, 3.63) is 47.0 Å². The number of benzene rings is 2. The zero-order valence-electron chi connectivity index (χ0n) is 21.6. The van der Waals surface area contributed by atoms with E-state index in [-0.39, 0.29) is 39.9 Å². The minimum absolute atomic E-state index is 0.108. The molecule has 1 heterocycles. The lowest BCUT2D eigenvalue weighted by Crippen LogP contribution is -2.44. The van der Waals surface area contributed by atoms with Crippen molar-refractivity contribution in [1.29, 1.82) is 5.26 Å². The first-order chi connectivity index (χ1) is 17.8. The van der Waals surface area contributed by atoms with Gasteiger partial charge in [0.1, 0.15) is 17.5 Å². The number of likely N-dealkylation sites (tertiary alicyclic amines) is 1. The van der Waals surface area contributed by atoms with Crippen LogP contribution in [0.3, 0.4) is 0 Å². The highest BCUT2D eigenvalue weighted by molar-refractivity contribution is 7.98. The summed E-state index contributed by atoms with van der Waals surface area (Å²) in [5.41, 5.74) is 1.07. The molecule has 2 aromatic rings. The zero-order valence-corrected chi connectivity index (χ0v) is 23.1. The molecule has 0 unspecified atom stereocenters. The second-order valence-corrected chi connectivity index (χ2v) is 11.0. The average Bonchev–Trinajstić information content (AvgIpc) is 2.82. The summed E-state index contributed by atoms with van der Waals surface area (Å²) in [6.07, 6.45) is -0.666. The molecule has 0 bridgehead atoms. The predicted octanol–water partition coefficient (Wildman–Crippen LogP) is 6.92. The van der Waals surface area contributed by atoms with Gasteiger partial charge in [-0.05, 0) is 56.9 Å². The molecule has 1 amide bonds. The maximum absolute atomic E-state index is 14.2. The average molecular weight is 571 g/mol. The molecule has 0 aliphatic carbocycles. The van der Waals surface area contributed by atoms with Gasteiger partial charge in [0.15, 0.2) is 6.19 Å². The Morgan fingerprint density at radius 2 is 1.92 bits per heavy atom. The number of piperidine rings is 1. The van der Waals surface area contributed by atoms with Gasteiger partial charge in [-0.25, -0.2) is 10.2 Å². The van der Waals surface area contributed by atoms with Gasteiger partial charge >= 0.3 is 12.3 Å². The summed E-state index contributed by atoms with van der Waals surface area (Å²) in [7, 11) is 0. The van der Waals surface area contributed by atoms with Crippen molar-refractivity contribution in [2.24, 2.45) is 0 Å². The predicted molar refractivity (Wildman–Crippen MR) is 143 cm³/mol. The van der Waals surface area contributed by atoms with Crippen LogP contribution in [0.4, 0.5) is 23.7 Å². The highest BCUT2D eigenvalue weighted by atomic mass is 35.5. The van der Waals surface area contributed by atoms with E-state index in [0.717, 1.165) is 6.07 Å². The van der Waals surface area contributed by atoms with Crippen molar-refractivity contribution in [1.82, 2.24) is 10.3 Å². The molecular formula is C26H30ClF3N4O3S. The lowest BCUT2D eigenvalue weighted by Gasteiger charge is -2.33. The Morgan fingerprint density at radius 3 is 2.50 bits per heavy atom. The quantitative estimate of drug-likeness (QED) is 0.168. The maximum Gasteiger partial charge on any atom is 0.417 e. The van der Waals surface area contributed by atoms with Crippen LogP contribution in [0.5, 0.6) is 5.75 Å². The highest BCUT2D eigenvalue weighted by Gasteiger charge is 2.36. The number of hydrogen-bond donors (Lipinski definition) is 1. The lowest BCUT2D eigenvalue weighted by molar-refractivity contribution is -0.137. The zero-order chi connectivity index (χ0) is 28.1. The van der Waals surface area contributed by atoms with Crippen LogP contribution in [0.15, 0.2) is 36.4 Å². The molecule has 0 atom stereocenters. The van der Waals surface area contributed by atoms with Gasteiger partial charge in [0.05, 0.1) is 22.2 Å². The Kier molecular flexibility index (Phi) is 9.54. The first kappa shape index (κ1) is 29.6.